The Bertz CT molecular complexity index is 490. The van der Waals surface area contributed by atoms with Gasteiger partial charge in [-0.05, 0) is 18.1 Å². The van der Waals surface area contributed by atoms with E-state index in [1.165, 1.54) is 7.11 Å². The lowest BCUT2D eigenvalue weighted by atomic mass is 10.0. The van der Waals surface area contributed by atoms with E-state index in [1.807, 2.05) is 0 Å². The number of ether oxygens (including phenoxy) is 1. The number of fused-ring (bicyclic) bond motifs is 1. The highest BCUT2D eigenvalue weighted by Crippen LogP contribution is 2.44. The number of benzene rings is 1. The van der Waals surface area contributed by atoms with Crippen molar-refractivity contribution in [1.82, 2.24) is 0 Å². The van der Waals surface area contributed by atoms with Gasteiger partial charge < -0.3 is 4.74 Å². The molecule has 0 heterocycles. The van der Waals surface area contributed by atoms with E-state index in [9.17, 15) is 18.5 Å². The molecule has 2 rings (SSSR count). The fourth-order valence-corrected chi connectivity index (χ4v) is 2.17. The van der Waals surface area contributed by atoms with Crippen LogP contribution in [0.1, 0.15) is 29.5 Å². The lowest BCUT2D eigenvalue weighted by Crippen LogP contribution is -2.11. The average molecular weight is 241 g/mol. The third-order valence-electron chi connectivity index (χ3n) is 2.91. The zero-order chi connectivity index (χ0) is 12.6. The molecule has 1 aliphatic carbocycles. The molecule has 0 aliphatic heterocycles. The largest absolute Gasteiger partial charge is 0.469 e. The second-order valence-electron chi connectivity index (χ2n) is 3.82. The summed E-state index contributed by atoms with van der Waals surface area (Å²) in [7, 11) is 1.18. The van der Waals surface area contributed by atoms with Gasteiger partial charge in [0.2, 0.25) is 0 Å². The summed E-state index contributed by atoms with van der Waals surface area (Å²) in [5.41, 5.74) is 0.149. The molecule has 0 amide bonds. The van der Waals surface area contributed by atoms with Crippen molar-refractivity contribution in [3.63, 3.8) is 0 Å². The molecule has 0 aromatic heterocycles. The number of carbonyl (C=O) groups is 1. The fourth-order valence-electron chi connectivity index (χ4n) is 2.17. The minimum atomic E-state index is -0.963. The van der Waals surface area contributed by atoms with Crippen LogP contribution >= 0.6 is 0 Å². The number of hydrogen-bond donors (Lipinski definition) is 0. The van der Waals surface area contributed by atoms with Crippen molar-refractivity contribution in [1.29, 1.82) is 0 Å². The lowest BCUT2D eigenvalue weighted by molar-refractivity contribution is -0.142. The minimum absolute atomic E-state index is 0.00296. The van der Waals surface area contributed by atoms with Crippen LogP contribution < -0.4 is 0 Å². The van der Waals surface area contributed by atoms with Gasteiger partial charge in [-0.1, -0.05) is 5.18 Å². The molecule has 0 N–H and O–H groups in total. The van der Waals surface area contributed by atoms with Crippen LogP contribution in [0.25, 0.3) is 0 Å². The monoisotopic (exact) mass is 241 g/mol. The van der Waals surface area contributed by atoms with Crippen LogP contribution in [0.2, 0.25) is 0 Å². The van der Waals surface area contributed by atoms with Crippen LogP contribution in [-0.4, -0.2) is 13.1 Å². The number of hydrogen-bond acceptors (Lipinski definition) is 4. The number of nitrogens with zero attached hydrogens (tertiary/aromatic N) is 1. The van der Waals surface area contributed by atoms with Crippen LogP contribution in [-0.2, 0) is 9.53 Å². The minimum Gasteiger partial charge on any atom is -0.469 e. The molecule has 2 unspecified atom stereocenters. The Balaban J connectivity index is 2.56. The maximum absolute atomic E-state index is 13.5. The van der Waals surface area contributed by atoms with Crippen molar-refractivity contribution in [2.75, 3.05) is 7.11 Å². The van der Waals surface area contributed by atoms with Crippen LogP contribution in [0.3, 0.4) is 0 Å². The van der Waals surface area contributed by atoms with Gasteiger partial charge in [-0.15, -0.1) is 0 Å². The predicted octanol–water partition coefficient (Wildman–Crippen LogP) is 2.43. The van der Waals surface area contributed by atoms with E-state index >= 15 is 0 Å². The third-order valence-corrected chi connectivity index (χ3v) is 2.91. The summed E-state index contributed by atoms with van der Waals surface area (Å²) < 4.78 is 31.2. The Hall–Kier alpha value is -1.85. The summed E-state index contributed by atoms with van der Waals surface area (Å²) in [6.45, 7) is 0. The number of carbonyl (C=O) groups excluding carboxylic acids is 1. The van der Waals surface area contributed by atoms with Crippen molar-refractivity contribution in [2.45, 2.75) is 18.4 Å². The highest BCUT2D eigenvalue weighted by molar-refractivity contribution is 5.80. The number of esters is 1. The molecule has 90 valence electrons. The molecule has 0 spiro atoms. The normalized spacial score (nSPS) is 22.1. The molecule has 1 aromatic carbocycles. The average Bonchev–Trinajstić information content (AvgIpc) is 2.66. The topological polar surface area (TPSA) is 55.7 Å². The van der Waals surface area contributed by atoms with Gasteiger partial charge in [0.1, 0.15) is 17.7 Å². The van der Waals surface area contributed by atoms with Crippen molar-refractivity contribution in [3.8, 4) is 0 Å². The zero-order valence-corrected chi connectivity index (χ0v) is 8.94. The molecule has 0 radical (unpaired) electrons. The summed E-state index contributed by atoms with van der Waals surface area (Å²) in [5.74, 6) is -3.09. The Labute approximate surface area is 95.6 Å². The van der Waals surface area contributed by atoms with Gasteiger partial charge >= 0.3 is 5.97 Å². The second kappa shape index (κ2) is 4.20. The van der Waals surface area contributed by atoms with E-state index in [4.69, 9.17) is 0 Å². The molecule has 1 aliphatic rings. The first-order valence-corrected chi connectivity index (χ1v) is 4.97. The summed E-state index contributed by atoms with van der Waals surface area (Å²) in [5, 5.41) is 2.77. The number of methoxy groups -OCH3 is 1. The summed E-state index contributed by atoms with van der Waals surface area (Å²) in [6.07, 6.45) is 0.0197. The van der Waals surface area contributed by atoms with Gasteiger partial charge in [0.25, 0.3) is 0 Å². The van der Waals surface area contributed by atoms with Crippen LogP contribution in [0.5, 0.6) is 0 Å². The summed E-state index contributed by atoms with van der Waals surface area (Å²) in [6, 6.07) is 0.761. The smallest absolute Gasteiger partial charge is 0.313 e. The van der Waals surface area contributed by atoms with Crippen molar-refractivity contribution < 1.29 is 18.3 Å². The standard InChI is InChI=1S/C11H9F2NO3/c1-17-11(15)7-4-9(14-16)10-6(7)2-5(12)3-8(10)13/h2-3,7,9H,4H2,1H3. The molecule has 0 bridgehead atoms. The van der Waals surface area contributed by atoms with Crippen LogP contribution in [0.4, 0.5) is 8.78 Å². The molecule has 4 nitrogen and oxygen atoms in total. The van der Waals surface area contributed by atoms with Crippen molar-refractivity contribution in [2.24, 2.45) is 5.18 Å². The highest BCUT2D eigenvalue weighted by atomic mass is 19.1. The Morgan fingerprint density at radius 3 is 2.76 bits per heavy atom. The molecule has 17 heavy (non-hydrogen) atoms. The van der Waals surface area contributed by atoms with E-state index in [1.54, 1.807) is 0 Å². The Morgan fingerprint density at radius 1 is 1.47 bits per heavy atom. The molecular weight excluding hydrogens is 232 g/mol. The molecule has 6 heteroatoms. The second-order valence-corrected chi connectivity index (χ2v) is 3.82. The Morgan fingerprint density at radius 2 is 2.18 bits per heavy atom. The number of rotatable bonds is 2. The van der Waals surface area contributed by atoms with Gasteiger partial charge in [-0.25, -0.2) is 8.78 Å². The first-order chi connectivity index (χ1) is 8.08. The lowest BCUT2D eigenvalue weighted by Gasteiger charge is -2.08. The molecule has 0 fully saturated rings. The van der Waals surface area contributed by atoms with Gasteiger partial charge in [-0.3, -0.25) is 4.79 Å². The molecular formula is C11H9F2NO3. The highest BCUT2D eigenvalue weighted by Gasteiger charge is 2.39. The molecule has 1 aromatic rings. The summed E-state index contributed by atoms with van der Waals surface area (Å²) >= 11 is 0. The van der Waals surface area contributed by atoms with Gasteiger partial charge in [0, 0.05) is 11.6 Å². The molecule has 0 saturated heterocycles. The van der Waals surface area contributed by atoms with Crippen LogP contribution in [0.15, 0.2) is 17.3 Å². The Kier molecular flexibility index (Phi) is 2.87. The maximum atomic E-state index is 13.5. The van der Waals surface area contributed by atoms with Gasteiger partial charge in [0.05, 0.1) is 13.0 Å². The first kappa shape index (κ1) is 11.6. The predicted molar refractivity (Wildman–Crippen MR) is 54.3 cm³/mol. The number of halogens is 2. The quantitative estimate of drug-likeness (QED) is 0.590. The fraction of sp³-hybridized carbons (Fsp3) is 0.364. The van der Waals surface area contributed by atoms with Crippen LogP contribution in [0, 0.1) is 16.5 Å². The van der Waals surface area contributed by atoms with Crippen molar-refractivity contribution >= 4 is 5.97 Å². The van der Waals surface area contributed by atoms with E-state index in [2.05, 4.69) is 9.91 Å². The maximum Gasteiger partial charge on any atom is 0.313 e. The zero-order valence-electron chi connectivity index (χ0n) is 8.94. The van der Waals surface area contributed by atoms with E-state index in [0.717, 1.165) is 6.07 Å². The van der Waals surface area contributed by atoms with Crippen molar-refractivity contribution in [3.05, 3.63) is 39.8 Å². The van der Waals surface area contributed by atoms with Gasteiger partial charge in [-0.2, -0.15) is 4.91 Å². The molecule has 0 saturated carbocycles. The van der Waals surface area contributed by atoms with E-state index in [-0.39, 0.29) is 17.5 Å². The first-order valence-electron chi connectivity index (χ1n) is 4.97. The summed E-state index contributed by atoms with van der Waals surface area (Å²) in [4.78, 5) is 22.1. The van der Waals surface area contributed by atoms with E-state index in [0.29, 0.717) is 6.07 Å². The third kappa shape index (κ3) is 1.79. The van der Waals surface area contributed by atoms with E-state index < -0.39 is 29.6 Å². The number of nitroso groups, excluding NO2 is 1. The SMILES string of the molecule is COC(=O)C1CC(N=O)c2c(F)cc(F)cc21. The molecule has 2 atom stereocenters. The van der Waals surface area contributed by atoms with Gasteiger partial charge in [0.15, 0.2) is 0 Å².